The summed E-state index contributed by atoms with van der Waals surface area (Å²) < 4.78 is 11.8. The third-order valence-corrected chi connectivity index (χ3v) is 3.40. The normalized spacial score (nSPS) is 11.4. The van der Waals surface area contributed by atoms with Crippen LogP contribution in [0.4, 0.5) is 4.79 Å². The first-order chi connectivity index (χ1) is 11.9. The highest BCUT2D eigenvalue weighted by molar-refractivity contribution is 6.17. The van der Waals surface area contributed by atoms with Gasteiger partial charge in [-0.1, -0.05) is 6.07 Å². The number of fused-ring (bicyclic) bond motifs is 1. The van der Waals surface area contributed by atoms with Crippen molar-refractivity contribution in [2.24, 2.45) is 0 Å². The molecule has 0 aliphatic rings. The Morgan fingerprint density at radius 1 is 1.20 bits per heavy atom. The summed E-state index contributed by atoms with van der Waals surface area (Å²) in [4.78, 5) is 21.2. The number of aromatic nitrogens is 3. The molecule has 7 nitrogen and oxygen atoms in total. The average molecular weight is 339 g/mol. The molecule has 3 aromatic rings. The first-order valence-corrected chi connectivity index (χ1v) is 7.79. The number of rotatable bonds is 3. The molecule has 1 N–H and O–H groups in total. The third kappa shape index (κ3) is 3.48. The minimum absolute atomic E-state index is 0.155. The summed E-state index contributed by atoms with van der Waals surface area (Å²) in [6.07, 6.45) is 2.66. The van der Waals surface area contributed by atoms with Gasteiger partial charge in [0.1, 0.15) is 5.60 Å². The summed E-state index contributed by atoms with van der Waals surface area (Å²) in [5.74, 6) is 0.155. The van der Waals surface area contributed by atoms with Crippen LogP contribution in [0.15, 0.2) is 42.7 Å². The van der Waals surface area contributed by atoms with Crippen molar-refractivity contribution in [2.45, 2.75) is 26.4 Å². The lowest BCUT2D eigenvalue weighted by atomic mass is 10.1. The second-order valence-electron chi connectivity index (χ2n) is 6.38. The van der Waals surface area contributed by atoms with Crippen molar-refractivity contribution in [1.29, 1.82) is 0 Å². The quantitative estimate of drug-likeness (QED) is 0.738. The Bertz CT molecular complexity index is 903. The van der Waals surface area contributed by atoms with E-state index in [4.69, 9.17) is 14.4 Å². The highest BCUT2D eigenvalue weighted by Gasteiger charge is 2.25. The van der Waals surface area contributed by atoms with E-state index in [1.807, 2.05) is 24.3 Å². The molecule has 0 aliphatic heterocycles. The standard InChI is InChI=1S/C17H18BN3O4/c1-17(2,3)24-16(22)21-14(25-18-23)10-12-11(7-9-20-15(12)21)13-6-4-5-8-19-13/h4-10,18,23H,1-3H3. The average Bonchev–Trinajstić information content (AvgIpc) is 2.92. The molecular formula is C17H18BN3O4. The summed E-state index contributed by atoms with van der Waals surface area (Å²) in [6.45, 7) is 5.32. The van der Waals surface area contributed by atoms with Crippen LogP contribution < -0.4 is 4.65 Å². The zero-order chi connectivity index (χ0) is 18.0. The van der Waals surface area contributed by atoms with E-state index in [-0.39, 0.29) is 5.88 Å². The Kier molecular flexibility index (Phi) is 4.46. The van der Waals surface area contributed by atoms with Crippen molar-refractivity contribution in [2.75, 3.05) is 0 Å². The van der Waals surface area contributed by atoms with E-state index in [1.165, 1.54) is 4.57 Å². The van der Waals surface area contributed by atoms with Gasteiger partial charge >= 0.3 is 13.8 Å². The highest BCUT2D eigenvalue weighted by Crippen LogP contribution is 2.32. The van der Waals surface area contributed by atoms with Crippen LogP contribution in [0.25, 0.3) is 22.3 Å². The number of carbonyl (C=O) groups excluding carboxylic acids is 1. The van der Waals surface area contributed by atoms with Crippen LogP contribution >= 0.6 is 0 Å². The van der Waals surface area contributed by atoms with Crippen molar-refractivity contribution in [3.05, 3.63) is 42.7 Å². The molecule has 3 heterocycles. The minimum atomic E-state index is -0.678. The molecular weight excluding hydrogens is 321 g/mol. The second-order valence-corrected chi connectivity index (χ2v) is 6.38. The van der Waals surface area contributed by atoms with E-state index in [9.17, 15) is 4.79 Å². The van der Waals surface area contributed by atoms with Crippen LogP contribution in [0.5, 0.6) is 5.88 Å². The molecule has 0 atom stereocenters. The molecule has 0 aliphatic carbocycles. The van der Waals surface area contributed by atoms with Crippen LogP contribution in [0.3, 0.4) is 0 Å². The molecule has 0 unspecified atom stereocenters. The fourth-order valence-electron chi connectivity index (χ4n) is 2.48. The number of hydrogen-bond donors (Lipinski definition) is 1. The topological polar surface area (TPSA) is 86.5 Å². The first kappa shape index (κ1) is 17.0. The SMILES string of the molecule is CC(C)(C)OC(=O)n1c(OBO)cc2c(-c3ccccn3)ccnc21. The van der Waals surface area contributed by atoms with E-state index in [0.717, 1.165) is 11.3 Å². The monoisotopic (exact) mass is 339 g/mol. The van der Waals surface area contributed by atoms with Gasteiger partial charge in [0.15, 0.2) is 11.5 Å². The summed E-state index contributed by atoms with van der Waals surface area (Å²) in [6, 6.07) is 9.03. The summed E-state index contributed by atoms with van der Waals surface area (Å²) in [5, 5.41) is 9.83. The highest BCUT2D eigenvalue weighted by atomic mass is 16.6. The van der Waals surface area contributed by atoms with Gasteiger partial charge in [-0.3, -0.25) is 4.98 Å². The molecule has 0 amide bonds. The molecule has 0 radical (unpaired) electrons. The van der Waals surface area contributed by atoms with Crippen LogP contribution in [0.2, 0.25) is 0 Å². The van der Waals surface area contributed by atoms with Gasteiger partial charge in [0.25, 0.3) is 0 Å². The Hall–Kier alpha value is -2.87. The Morgan fingerprint density at radius 3 is 2.64 bits per heavy atom. The zero-order valence-electron chi connectivity index (χ0n) is 14.3. The third-order valence-electron chi connectivity index (χ3n) is 3.40. The zero-order valence-corrected chi connectivity index (χ0v) is 14.3. The predicted octanol–water partition coefficient (Wildman–Crippen LogP) is 2.52. The molecule has 0 bridgehead atoms. The van der Waals surface area contributed by atoms with Crippen LogP contribution in [0, 0.1) is 0 Å². The van der Waals surface area contributed by atoms with Crippen LogP contribution in [0.1, 0.15) is 20.8 Å². The van der Waals surface area contributed by atoms with E-state index in [2.05, 4.69) is 9.97 Å². The van der Waals surface area contributed by atoms with Gasteiger partial charge in [0.05, 0.1) is 5.69 Å². The summed E-state index contributed by atoms with van der Waals surface area (Å²) in [5.41, 5.74) is 1.24. The predicted molar refractivity (Wildman–Crippen MR) is 94.6 cm³/mol. The fraction of sp³-hybridized carbons (Fsp3) is 0.235. The van der Waals surface area contributed by atoms with Crippen LogP contribution in [-0.4, -0.2) is 38.9 Å². The molecule has 0 spiro atoms. The Labute approximate surface area is 145 Å². The van der Waals surface area contributed by atoms with Crippen molar-refractivity contribution < 1.29 is 19.2 Å². The summed E-state index contributed by atoms with van der Waals surface area (Å²) in [7, 11) is -0.571. The molecule has 0 aromatic carbocycles. The molecule has 8 heteroatoms. The van der Waals surface area contributed by atoms with Gasteiger partial charge < -0.3 is 14.4 Å². The van der Waals surface area contributed by atoms with Crippen LogP contribution in [-0.2, 0) is 4.74 Å². The van der Waals surface area contributed by atoms with Crippen molar-refractivity contribution >= 4 is 24.8 Å². The summed E-state index contributed by atoms with van der Waals surface area (Å²) >= 11 is 0. The smallest absolute Gasteiger partial charge is 0.505 e. The maximum absolute atomic E-state index is 12.6. The molecule has 0 saturated carbocycles. The fourth-order valence-corrected chi connectivity index (χ4v) is 2.48. The molecule has 0 saturated heterocycles. The van der Waals surface area contributed by atoms with E-state index in [0.29, 0.717) is 11.0 Å². The van der Waals surface area contributed by atoms with Gasteiger partial charge in [-0.2, -0.15) is 4.57 Å². The van der Waals surface area contributed by atoms with Gasteiger partial charge in [0, 0.05) is 29.4 Å². The number of ether oxygens (including phenoxy) is 1. The van der Waals surface area contributed by atoms with Gasteiger partial charge in [-0.25, -0.2) is 9.78 Å². The maximum atomic E-state index is 12.6. The lowest BCUT2D eigenvalue weighted by molar-refractivity contribution is 0.0536. The van der Waals surface area contributed by atoms with Gasteiger partial charge in [-0.05, 0) is 39.0 Å². The first-order valence-electron chi connectivity index (χ1n) is 7.79. The number of carbonyl (C=O) groups is 1. The largest absolute Gasteiger partial charge is 0.526 e. The van der Waals surface area contributed by atoms with Gasteiger partial charge in [-0.15, -0.1) is 0 Å². The number of pyridine rings is 2. The van der Waals surface area contributed by atoms with Crippen molar-refractivity contribution in [1.82, 2.24) is 14.5 Å². The van der Waals surface area contributed by atoms with E-state index >= 15 is 0 Å². The van der Waals surface area contributed by atoms with Crippen molar-refractivity contribution in [3.8, 4) is 17.1 Å². The Morgan fingerprint density at radius 2 is 2.00 bits per heavy atom. The molecule has 128 valence electrons. The molecule has 0 fully saturated rings. The van der Waals surface area contributed by atoms with Gasteiger partial charge in [0.2, 0.25) is 0 Å². The van der Waals surface area contributed by atoms with Crippen molar-refractivity contribution in [3.63, 3.8) is 0 Å². The maximum Gasteiger partial charge on any atom is 0.505 e. The minimum Gasteiger partial charge on any atom is -0.526 e. The van der Waals surface area contributed by atoms with E-state index < -0.39 is 19.4 Å². The van der Waals surface area contributed by atoms with E-state index in [1.54, 1.807) is 39.2 Å². The molecule has 25 heavy (non-hydrogen) atoms. The molecule has 3 rings (SSSR count). The second kappa shape index (κ2) is 6.56. The lowest BCUT2D eigenvalue weighted by Gasteiger charge is -2.20. The number of nitrogens with zero attached hydrogens (tertiary/aromatic N) is 3. The molecule has 3 aromatic heterocycles. The lowest BCUT2D eigenvalue weighted by Crippen LogP contribution is -2.27. The Balaban J connectivity index is 2.19. The number of hydrogen-bond acceptors (Lipinski definition) is 6.